The summed E-state index contributed by atoms with van der Waals surface area (Å²) in [6.07, 6.45) is 0.999. The molecular formula is C21H19FN2OS. The normalized spacial score (nSPS) is 14.1. The van der Waals surface area contributed by atoms with Crippen molar-refractivity contribution in [1.29, 1.82) is 0 Å². The summed E-state index contributed by atoms with van der Waals surface area (Å²) in [4.78, 5) is 16.0. The fraction of sp³-hybridized carbons (Fsp3) is 0.190. The molecule has 0 saturated heterocycles. The highest BCUT2D eigenvalue weighted by Crippen LogP contribution is 2.36. The highest BCUT2D eigenvalue weighted by molar-refractivity contribution is 7.10. The monoisotopic (exact) mass is 366 g/mol. The molecule has 5 heteroatoms. The van der Waals surface area contributed by atoms with Crippen LogP contribution in [0.5, 0.6) is 0 Å². The van der Waals surface area contributed by atoms with Gasteiger partial charge in [-0.2, -0.15) is 0 Å². The van der Waals surface area contributed by atoms with Crippen LogP contribution in [0.1, 0.15) is 26.8 Å². The van der Waals surface area contributed by atoms with Crippen molar-refractivity contribution in [1.82, 2.24) is 5.32 Å². The van der Waals surface area contributed by atoms with Gasteiger partial charge in [0.05, 0.1) is 11.6 Å². The largest absolute Gasteiger partial charge is 0.361 e. The molecule has 2 heterocycles. The van der Waals surface area contributed by atoms with Crippen molar-refractivity contribution in [3.8, 4) is 0 Å². The Morgan fingerprint density at radius 3 is 2.73 bits per heavy atom. The number of benzene rings is 2. The van der Waals surface area contributed by atoms with E-state index in [1.54, 1.807) is 23.5 Å². The van der Waals surface area contributed by atoms with E-state index in [1.165, 1.54) is 28.3 Å². The van der Waals surface area contributed by atoms with E-state index in [4.69, 9.17) is 0 Å². The van der Waals surface area contributed by atoms with Gasteiger partial charge in [0, 0.05) is 23.7 Å². The van der Waals surface area contributed by atoms with Crippen LogP contribution < -0.4 is 10.2 Å². The van der Waals surface area contributed by atoms with Crippen LogP contribution >= 0.6 is 11.3 Å². The highest BCUT2D eigenvalue weighted by atomic mass is 32.1. The first kappa shape index (κ1) is 16.8. The number of carbonyl (C=O) groups is 1. The van der Waals surface area contributed by atoms with E-state index < -0.39 is 5.82 Å². The van der Waals surface area contributed by atoms with Crippen molar-refractivity contribution in [2.24, 2.45) is 0 Å². The molecule has 1 aliphatic rings. The van der Waals surface area contributed by atoms with Crippen molar-refractivity contribution in [2.75, 3.05) is 18.0 Å². The zero-order chi connectivity index (χ0) is 17.9. The minimum Gasteiger partial charge on any atom is -0.361 e. The Morgan fingerprint density at radius 1 is 1.12 bits per heavy atom. The molecule has 3 nitrogen and oxygen atoms in total. The van der Waals surface area contributed by atoms with Crippen molar-refractivity contribution < 1.29 is 9.18 Å². The fourth-order valence-corrected chi connectivity index (χ4v) is 4.30. The van der Waals surface area contributed by atoms with Gasteiger partial charge in [-0.15, -0.1) is 11.3 Å². The lowest BCUT2D eigenvalue weighted by Gasteiger charge is -2.30. The molecule has 0 radical (unpaired) electrons. The number of hydrogen-bond donors (Lipinski definition) is 1. The maximum absolute atomic E-state index is 13.9. The molecular weight excluding hydrogens is 347 g/mol. The number of fused-ring (bicyclic) bond motifs is 1. The number of thiophene rings is 1. The van der Waals surface area contributed by atoms with E-state index in [0.29, 0.717) is 6.54 Å². The van der Waals surface area contributed by atoms with Gasteiger partial charge in [-0.25, -0.2) is 4.39 Å². The van der Waals surface area contributed by atoms with E-state index in [9.17, 15) is 9.18 Å². The molecule has 1 N–H and O–H groups in total. The zero-order valence-corrected chi connectivity index (χ0v) is 15.0. The first-order valence-electron chi connectivity index (χ1n) is 8.65. The molecule has 0 saturated carbocycles. The highest BCUT2D eigenvalue weighted by Gasteiger charge is 2.28. The van der Waals surface area contributed by atoms with Crippen molar-refractivity contribution >= 4 is 22.9 Å². The van der Waals surface area contributed by atoms with Gasteiger partial charge in [0.15, 0.2) is 0 Å². The van der Waals surface area contributed by atoms with E-state index >= 15 is 0 Å². The Kier molecular flexibility index (Phi) is 4.71. The van der Waals surface area contributed by atoms with Crippen LogP contribution in [-0.4, -0.2) is 19.0 Å². The van der Waals surface area contributed by atoms with Gasteiger partial charge < -0.3 is 10.2 Å². The maximum Gasteiger partial charge on any atom is 0.254 e. The summed E-state index contributed by atoms with van der Waals surface area (Å²) in [5, 5.41) is 4.97. The second-order valence-corrected chi connectivity index (χ2v) is 7.27. The number of amides is 1. The summed E-state index contributed by atoms with van der Waals surface area (Å²) in [5.74, 6) is -0.874. The Hall–Kier alpha value is -2.66. The third kappa shape index (κ3) is 3.22. The van der Waals surface area contributed by atoms with Gasteiger partial charge in [0.25, 0.3) is 5.91 Å². The average Bonchev–Trinajstić information content (AvgIpc) is 3.33. The zero-order valence-electron chi connectivity index (χ0n) is 14.2. The van der Waals surface area contributed by atoms with Gasteiger partial charge >= 0.3 is 0 Å². The molecule has 3 aromatic rings. The van der Waals surface area contributed by atoms with Gasteiger partial charge in [0.1, 0.15) is 5.82 Å². The number of para-hydroxylation sites is 1. The Labute approximate surface area is 156 Å². The number of rotatable bonds is 5. The molecule has 0 spiro atoms. The lowest BCUT2D eigenvalue weighted by molar-refractivity contribution is 0.0947. The molecule has 0 aliphatic carbocycles. The van der Waals surface area contributed by atoms with Gasteiger partial charge in [0.2, 0.25) is 0 Å². The van der Waals surface area contributed by atoms with Gasteiger partial charge in [-0.05, 0) is 41.6 Å². The molecule has 0 fully saturated rings. The number of halogens is 1. The summed E-state index contributed by atoms with van der Waals surface area (Å²) < 4.78 is 13.9. The van der Waals surface area contributed by atoms with E-state index in [-0.39, 0.29) is 17.5 Å². The number of hydrogen-bond acceptors (Lipinski definition) is 3. The average molecular weight is 366 g/mol. The predicted molar refractivity (Wildman–Crippen MR) is 103 cm³/mol. The molecule has 26 heavy (non-hydrogen) atoms. The smallest absolute Gasteiger partial charge is 0.254 e. The van der Waals surface area contributed by atoms with Crippen LogP contribution in [-0.2, 0) is 6.42 Å². The van der Waals surface area contributed by atoms with Crippen molar-refractivity contribution in [2.45, 2.75) is 12.5 Å². The molecule has 4 rings (SSSR count). The van der Waals surface area contributed by atoms with E-state index in [1.807, 2.05) is 17.5 Å². The number of anilines is 1. The summed E-state index contributed by atoms with van der Waals surface area (Å²) in [5.41, 5.74) is 2.62. The minimum atomic E-state index is -0.496. The lowest BCUT2D eigenvalue weighted by atomic mass is 10.1. The second kappa shape index (κ2) is 7.30. The van der Waals surface area contributed by atoms with Crippen LogP contribution in [0.25, 0.3) is 0 Å². The molecule has 1 aliphatic heterocycles. The van der Waals surface area contributed by atoms with Crippen LogP contribution in [0.2, 0.25) is 0 Å². The lowest BCUT2D eigenvalue weighted by Crippen LogP contribution is -2.37. The Morgan fingerprint density at radius 2 is 1.92 bits per heavy atom. The quantitative estimate of drug-likeness (QED) is 0.725. The van der Waals surface area contributed by atoms with Crippen molar-refractivity contribution in [3.63, 3.8) is 0 Å². The molecule has 1 aromatic heterocycles. The molecule has 0 bridgehead atoms. The van der Waals surface area contributed by atoms with E-state index in [0.717, 1.165) is 13.0 Å². The third-order valence-corrected chi connectivity index (χ3v) is 5.72. The summed E-state index contributed by atoms with van der Waals surface area (Å²) in [7, 11) is 0. The van der Waals surface area contributed by atoms with Crippen LogP contribution in [0.3, 0.4) is 0 Å². The van der Waals surface area contributed by atoms with E-state index in [2.05, 4.69) is 34.5 Å². The SMILES string of the molecule is O=C(NCC(c1cccs1)N1CCc2ccccc21)c1ccccc1F. The summed E-state index contributed by atoms with van der Waals surface area (Å²) in [6.45, 7) is 1.35. The maximum atomic E-state index is 13.9. The van der Waals surface area contributed by atoms with Crippen LogP contribution in [0, 0.1) is 5.82 Å². The molecule has 1 atom stereocenters. The first-order chi connectivity index (χ1) is 12.7. The summed E-state index contributed by atoms with van der Waals surface area (Å²) in [6, 6.07) is 18.6. The molecule has 132 valence electrons. The molecule has 1 amide bonds. The van der Waals surface area contributed by atoms with Crippen molar-refractivity contribution in [3.05, 3.63) is 87.9 Å². The predicted octanol–water partition coefficient (Wildman–Crippen LogP) is 4.42. The van der Waals surface area contributed by atoms with Gasteiger partial charge in [-0.3, -0.25) is 4.79 Å². The third-order valence-electron chi connectivity index (χ3n) is 4.75. The Balaban J connectivity index is 1.56. The fourth-order valence-electron chi connectivity index (χ4n) is 3.46. The van der Waals surface area contributed by atoms with Gasteiger partial charge in [-0.1, -0.05) is 36.4 Å². The number of carbonyl (C=O) groups excluding carboxylic acids is 1. The van der Waals surface area contributed by atoms with Crippen LogP contribution in [0.15, 0.2) is 66.0 Å². The summed E-state index contributed by atoms with van der Waals surface area (Å²) >= 11 is 1.68. The topological polar surface area (TPSA) is 32.3 Å². The number of nitrogens with zero attached hydrogens (tertiary/aromatic N) is 1. The minimum absolute atomic E-state index is 0.0365. The van der Waals surface area contributed by atoms with Crippen LogP contribution in [0.4, 0.5) is 10.1 Å². The second-order valence-electron chi connectivity index (χ2n) is 6.29. The number of nitrogens with one attached hydrogen (secondary N) is 1. The molecule has 1 unspecified atom stereocenters. The first-order valence-corrected chi connectivity index (χ1v) is 9.52. The molecule has 2 aromatic carbocycles. The Bertz CT molecular complexity index is 910. The standard InChI is InChI=1S/C21H19FN2OS/c22-17-8-3-2-7-16(17)21(25)23-14-19(20-10-5-13-26-20)24-12-11-15-6-1-4-9-18(15)24/h1-10,13,19H,11-12,14H2,(H,23,25).